The summed E-state index contributed by atoms with van der Waals surface area (Å²) >= 11 is 0. The Morgan fingerprint density at radius 2 is 1.94 bits per heavy atom. The number of aromatic hydroxyl groups is 1. The topological polar surface area (TPSA) is 72.3 Å². The lowest BCUT2D eigenvalue weighted by Crippen LogP contribution is -2.16. The molecule has 1 aromatic rings. The smallest absolute Gasteiger partial charge is 0.416 e. The van der Waals surface area contributed by atoms with Crippen LogP contribution in [-0.2, 0) is 6.18 Å². The van der Waals surface area contributed by atoms with E-state index in [0.29, 0.717) is 6.42 Å². The van der Waals surface area contributed by atoms with Crippen LogP contribution < -0.4 is 11.5 Å². The van der Waals surface area contributed by atoms with Crippen molar-refractivity contribution in [3.8, 4) is 5.75 Å². The molecular weight excluding hydrogens is 221 g/mol. The van der Waals surface area contributed by atoms with Crippen molar-refractivity contribution in [1.29, 1.82) is 0 Å². The first-order valence-electron chi connectivity index (χ1n) is 4.72. The van der Waals surface area contributed by atoms with Crippen LogP contribution in [0.1, 0.15) is 23.6 Å². The molecular formula is C10H13F3N2O. The number of alkyl halides is 3. The second kappa shape index (κ2) is 4.71. The molecule has 0 aliphatic carbocycles. The summed E-state index contributed by atoms with van der Waals surface area (Å²) in [6.45, 7) is 0.247. The Morgan fingerprint density at radius 3 is 2.44 bits per heavy atom. The maximum Gasteiger partial charge on any atom is 0.416 e. The van der Waals surface area contributed by atoms with E-state index in [4.69, 9.17) is 11.5 Å². The molecule has 0 saturated heterocycles. The lowest BCUT2D eigenvalue weighted by molar-refractivity contribution is -0.137. The molecule has 0 aliphatic rings. The first-order chi connectivity index (χ1) is 7.36. The Morgan fingerprint density at radius 1 is 1.31 bits per heavy atom. The van der Waals surface area contributed by atoms with Crippen LogP contribution in [0.2, 0.25) is 0 Å². The summed E-state index contributed by atoms with van der Waals surface area (Å²) < 4.78 is 37.2. The molecule has 1 rings (SSSR count). The van der Waals surface area contributed by atoms with Crippen molar-refractivity contribution in [3.05, 3.63) is 29.3 Å². The van der Waals surface area contributed by atoms with Gasteiger partial charge in [0, 0.05) is 11.6 Å². The molecule has 0 saturated carbocycles. The van der Waals surface area contributed by atoms with Crippen LogP contribution in [0.25, 0.3) is 0 Å². The second-order valence-corrected chi connectivity index (χ2v) is 3.46. The summed E-state index contributed by atoms with van der Waals surface area (Å²) in [5.41, 5.74) is 10.1. The zero-order valence-electron chi connectivity index (χ0n) is 8.46. The van der Waals surface area contributed by atoms with Crippen LogP contribution in [0.4, 0.5) is 13.2 Å². The summed E-state index contributed by atoms with van der Waals surface area (Å²) in [6, 6.07) is 1.98. The van der Waals surface area contributed by atoms with Gasteiger partial charge in [-0.15, -0.1) is 0 Å². The van der Waals surface area contributed by atoms with Crippen molar-refractivity contribution in [2.24, 2.45) is 11.5 Å². The van der Waals surface area contributed by atoms with Crippen LogP contribution in [0, 0.1) is 0 Å². The fourth-order valence-corrected chi connectivity index (χ4v) is 1.36. The molecule has 1 aromatic carbocycles. The van der Waals surface area contributed by atoms with Gasteiger partial charge in [0.2, 0.25) is 0 Å². The van der Waals surface area contributed by atoms with E-state index < -0.39 is 17.8 Å². The number of phenols is 1. The molecule has 0 radical (unpaired) electrons. The monoisotopic (exact) mass is 234 g/mol. The van der Waals surface area contributed by atoms with Gasteiger partial charge in [-0.2, -0.15) is 13.2 Å². The summed E-state index contributed by atoms with van der Waals surface area (Å²) in [5, 5.41) is 9.41. The molecule has 0 bridgehead atoms. The number of rotatable bonds is 3. The predicted octanol–water partition coefficient (Wildman–Crippen LogP) is 1.76. The molecule has 90 valence electrons. The highest BCUT2D eigenvalue weighted by Gasteiger charge is 2.31. The minimum absolute atomic E-state index is 0.0697. The van der Waals surface area contributed by atoms with Crippen molar-refractivity contribution in [3.63, 3.8) is 0 Å². The number of hydrogen-bond donors (Lipinski definition) is 3. The Hall–Kier alpha value is -1.27. The van der Waals surface area contributed by atoms with Gasteiger partial charge in [-0.25, -0.2) is 0 Å². The summed E-state index contributed by atoms with van der Waals surface area (Å²) in [4.78, 5) is 0. The second-order valence-electron chi connectivity index (χ2n) is 3.46. The van der Waals surface area contributed by atoms with Gasteiger partial charge in [-0.3, -0.25) is 0 Å². The normalized spacial score (nSPS) is 13.8. The lowest BCUT2D eigenvalue weighted by Gasteiger charge is -2.15. The largest absolute Gasteiger partial charge is 0.508 e. The molecule has 0 aromatic heterocycles. The van der Waals surface area contributed by atoms with Gasteiger partial charge in [-0.05, 0) is 31.2 Å². The molecule has 1 atom stereocenters. The zero-order valence-corrected chi connectivity index (χ0v) is 8.46. The van der Waals surface area contributed by atoms with Crippen LogP contribution in [-0.4, -0.2) is 11.7 Å². The average molecular weight is 234 g/mol. The van der Waals surface area contributed by atoms with E-state index >= 15 is 0 Å². The van der Waals surface area contributed by atoms with Gasteiger partial charge >= 0.3 is 6.18 Å². The third-order valence-corrected chi connectivity index (χ3v) is 2.23. The molecule has 6 heteroatoms. The molecule has 0 spiro atoms. The zero-order chi connectivity index (χ0) is 12.3. The van der Waals surface area contributed by atoms with Crippen LogP contribution >= 0.6 is 0 Å². The first kappa shape index (κ1) is 12.8. The minimum Gasteiger partial charge on any atom is -0.508 e. The Bertz CT molecular complexity index is 366. The van der Waals surface area contributed by atoms with Crippen LogP contribution in [0.15, 0.2) is 18.2 Å². The highest BCUT2D eigenvalue weighted by atomic mass is 19.4. The van der Waals surface area contributed by atoms with Gasteiger partial charge in [0.15, 0.2) is 0 Å². The summed E-state index contributed by atoms with van der Waals surface area (Å²) in [6.07, 6.45) is -4.13. The van der Waals surface area contributed by atoms with Gasteiger partial charge < -0.3 is 16.6 Å². The SMILES string of the molecule is NCC[C@@H](N)c1cc(C(F)(F)F)ccc1O. The Kier molecular flexibility index (Phi) is 3.77. The van der Waals surface area contributed by atoms with E-state index in [-0.39, 0.29) is 17.9 Å². The van der Waals surface area contributed by atoms with Crippen LogP contribution in [0.5, 0.6) is 5.75 Å². The van der Waals surface area contributed by atoms with Gasteiger partial charge in [0.1, 0.15) is 5.75 Å². The molecule has 0 aliphatic heterocycles. The number of benzene rings is 1. The third kappa shape index (κ3) is 2.86. The van der Waals surface area contributed by atoms with Gasteiger partial charge in [-0.1, -0.05) is 0 Å². The molecule has 3 nitrogen and oxygen atoms in total. The van der Waals surface area contributed by atoms with E-state index in [9.17, 15) is 18.3 Å². The molecule has 16 heavy (non-hydrogen) atoms. The average Bonchev–Trinajstić information content (AvgIpc) is 2.16. The lowest BCUT2D eigenvalue weighted by atomic mass is 10.0. The van der Waals surface area contributed by atoms with Gasteiger partial charge in [0.05, 0.1) is 5.56 Å². The fraction of sp³-hybridized carbons (Fsp3) is 0.400. The van der Waals surface area contributed by atoms with E-state index in [1.54, 1.807) is 0 Å². The highest BCUT2D eigenvalue weighted by molar-refractivity contribution is 5.39. The highest BCUT2D eigenvalue weighted by Crippen LogP contribution is 2.34. The van der Waals surface area contributed by atoms with E-state index in [1.165, 1.54) is 0 Å². The minimum atomic E-state index is -4.44. The van der Waals surface area contributed by atoms with Crippen molar-refractivity contribution in [2.45, 2.75) is 18.6 Å². The molecule has 0 fully saturated rings. The van der Waals surface area contributed by atoms with Crippen molar-refractivity contribution in [2.75, 3.05) is 6.54 Å². The summed E-state index contributed by atoms with van der Waals surface area (Å²) in [5.74, 6) is -0.242. The van der Waals surface area contributed by atoms with E-state index in [0.717, 1.165) is 18.2 Å². The van der Waals surface area contributed by atoms with E-state index in [2.05, 4.69) is 0 Å². The summed E-state index contributed by atoms with van der Waals surface area (Å²) in [7, 11) is 0. The maximum atomic E-state index is 12.4. The molecule has 0 amide bonds. The first-order valence-corrected chi connectivity index (χ1v) is 4.72. The number of nitrogens with two attached hydrogens (primary N) is 2. The maximum absolute atomic E-state index is 12.4. The standard InChI is InChI=1S/C10H13F3N2O/c11-10(12,13)6-1-2-9(16)7(5-6)8(15)3-4-14/h1-2,5,8,16H,3-4,14-15H2/t8-/m1/s1. The van der Waals surface area contributed by atoms with Crippen molar-refractivity contribution < 1.29 is 18.3 Å². The van der Waals surface area contributed by atoms with Gasteiger partial charge in [0.25, 0.3) is 0 Å². The fourth-order valence-electron chi connectivity index (χ4n) is 1.36. The Balaban J connectivity index is 3.09. The van der Waals surface area contributed by atoms with Crippen molar-refractivity contribution >= 4 is 0 Å². The van der Waals surface area contributed by atoms with Crippen molar-refractivity contribution in [1.82, 2.24) is 0 Å². The third-order valence-electron chi connectivity index (χ3n) is 2.23. The van der Waals surface area contributed by atoms with Crippen LogP contribution in [0.3, 0.4) is 0 Å². The predicted molar refractivity (Wildman–Crippen MR) is 53.7 cm³/mol. The molecule has 0 heterocycles. The number of halogens is 3. The quantitative estimate of drug-likeness (QED) is 0.746. The van der Waals surface area contributed by atoms with E-state index in [1.807, 2.05) is 0 Å². The number of phenolic OH excluding ortho intramolecular Hbond substituents is 1. The number of hydrogen-bond acceptors (Lipinski definition) is 3. The molecule has 5 N–H and O–H groups in total. The molecule has 0 unspecified atom stereocenters. The Labute approximate surface area is 90.9 Å².